The highest BCUT2D eigenvalue weighted by Crippen LogP contribution is 2.08. The molecule has 148 valence electrons. The zero-order valence-corrected chi connectivity index (χ0v) is 18.7. The fourth-order valence-corrected chi connectivity index (χ4v) is 2.86. The van der Waals surface area contributed by atoms with Crippen molar-refractivity contribution in [1.82, 2.24) is 20.4 Å². The Bertz CT molecular complexity index is 532. The molecular formula is C19H34IN5O. The first kappa shape index (κ1) is 23.1. The Hall–Kier alpha value is -0.900. The van der Waals surface area contributed by atoms with Gasteiger partial charge in [0.25, 0.3) is 0 Å². The number of morpholine rings is 1. The molecule has 1 aromatic rings. The van der Waals surface area contributed by atoms with Gasteiger partial charge in [-0.1, -0.05) is 24.3 Å². The van der Waals surface area contributed by atoms with E-state index in [4.69, 9.17) is 9.73 Å². The highest BCUT2D eigenvalue weighted by atomic mass is 127. The van der Waals surface area contributed by atoms with Crippen molar-refractivity contribution >= 4 is 29.9 Å². The molecule has 1 aliphatic rings. The number of benzene rings is 1. The minimum absolute atomic E-state index is 0. The van der Waals surface area contributed by atoms with E-state index in [9.17, 15) is 0 Å². The first-order chi connectivity index (χ1) is 12.2. The average molecular weight is 475 g/mol. The van der Waals surface area contributed by atoms with Crippen LogP contribution in [-0.2, 0) is 17.8 Å². The number of halogens is 1. The number of hydrogen-bond acceptors (Lipinski definition) is 4. The third kappa shape index (κ3) is 9.16. The van der Waals surface area contributed by atoms with Crippen LogP contribution in [0.4, 0.5) is 0 Å². The molecular weight excluding hydrogens is 441 g/mol. The summed E-state index contributed by atoms with van der Waals surface area (Å²) in [6.45, 7) is 10.3. The van der Waals surface area contributed by atoms with Gasteiger partial charge in [-0.15, -0.1) is 24.0 Å². The monoisotopic (exact) mass is 475 g/mol. The zero-order valence-electron chi connectivity index (χ0n) is 16.3. The normalized spacial score (nSPS) is 15.6. The molecule has 2 rings (SSSR count). The molecule has 0 unspecified atom stereocenters. The number of nitrogens with zero attached hydrogens (tertiary/aromatic N) is 3. The van der Waals surface area contributed by atoms with Gasteiger partial charge >= 0.3 is 0 Å². The van der Waals surface area contributed by atoms with Gasteiger partial charge in [-0.25, -0.2) is 4.99 Å². The van der Waals surface area contributed by atoms with E-state index in [1.807, 2.05) is 0 Å². The summed E-state index contributed by atoms with van der Waals surface area (Å²) in [5.74, 6) is 0.883. The van der Waals surface area contributed by atoms with Crippen molar-refractivity contribution in [3.05, 3.63) is 35.4 Å². The molecule has 2 N–H and O–H groups in total. The fraction of sp³-hybridized carbons (Fsp3) is 0.632. The van der Waals surface area contributed by atoms with E-state index in [0.717, 1.165) is 58.4 Å². The molecule has 26 heavy (non-hydrogen) atoms. The molecule has 0 aromatic heterocycles. The second kappa shape index (κ2) is 13.3. The van der Waals surface area contributed by atoms with Gasteiger partial charge in [-0.05, 0) is 32.1 Å². The van der Waals surface area contributed by atoms with Gasteiger partial charge in [0.15, 0.2) is 5.96 Å². The van der Waals surface area contributed by atoms with Gasteiger partial charge in [0.2, 0.25) is 0 Å². The van der Waals surface area contributed by atoms with Crippen LogP contribution in [0.1, 0.15) is 18.1 Å². The second-order valence-corrected chi connectivity index (χ2v) is 6.63. The van der Waals surface area contributed by atoms with Crippen molar-refractivity contribution < 1.29 is 4.74 Å². The molecule has 0 aliphatic carbocycles. The molecule has 0 spiro atoms. The minimum atomic E-state index is 0. The van der Waals surface area contributed by atoms with Crippen LogP contribution in [0.2, 0.25) is 0 Å². The summed E-state index contributed by atoms with van der Waals surface area (Å²) < 4.78 is 5.39. The Morgan fingerprint density at radius 2 is 1.92 bits per heavy atom. The van der Waals surface area contributed by atoms with E-state index in [2.05, 4.69) is 65.7 Å². The van der Waals surface area contributed by atoms with Crippen molar-refractivity contribution in [3.63, 3.8) is 0 Å². The highest BCUT2D eigenvalue weighted by Gasteiger charge is 2.09. The Kier molecular flexibility index (Phi) is 11.8. The summed E-state index contributed by atoms with van der Waals surface area (Å²) >= 11 is 0. The van der Waals surface area contributed by atoms with Crippen molar-refractivity contribution in [2.24, 2.45) is 4.99 Å². The third-order valence-corrected chi connectivity index (χ3v) is 4.08. The predicted octanol–water partition coefficient (Wildman–Crippen LogP) is 1.75. The maximum Gasteiger partial charge on any atom is 0.191 e. The predicted molar refractivity (Wildman–Crippen MR) is 119 cm³/mol. The molecule has 1 aromatic carbocycles. The molecule has 1 aliphatic heterocycles. The lowest BCUT2D eigenvalue weighted by molar-refractivity contribution is 0.0389. The average Bonchev–Trinajstić information content (AvgIpc) is 2.60. The Morgan fingerprint density at radius 3 is 2.62 bits per heavy atom. The van der Waals surface area contributed by atoms with Crippen LogP contribution in [-0.4, -0.2) is 75.8 Å². The van der Waals surface area contributed by atoms with Gasteiger partial charge in [0, 0.05) is 39.3 Å². The van der Waals surface area contributed by atoms with Gasteiger partial charge in [-0.2, -0.15) is 0 Å². The van der Waals surface area contributed by atoms with Crippen molar-refractivity contribution in [2.75, 3.05) is 60.0 Å². The van der Waals surface area contributed by atoms with Crippen LogP contribution in [0.15, 0.2) is 29.3 Å². The molecule has 0 atom stereocenters. The molecule has 0 radical (unpaired) electrons. The lowest BCUT2D eigenvalue weighted by Gasteiger charge is -2.26. The molecule has 1 heterocycles. The number of guanidine groups is 1. The Balaban J connectivity index is 0.00000338. The lowest BCUT2D eigenvalue weighted by Crippen LogP contribution is -2.44. The van der Waals surface area contributed by atoms with E-state index in [1.165, 1.54) is 11.1 Å². The number of aliphatic imine (C=N–C) groups is 1. The summed E-state index contributed by atoms with van der Waals surface area (Å²) in [7, 11) is 4.18. The van der Waals surface area contributed by atoms with Crippen LogP contribution in [0.3, 0.4) is 0 Å². The molecule has 0 amide bonds. The Labute approximate surface area is 175 Å². The number of hydrogen-bond donors (Lipinski definition) is 2. The van der Waals surface area contributed by atoms with E-state index in [1.54, 1.807) is 0 Å². The van der Waals surface area contributed by atoms with E-state index >= 15 is 0 Å². The van der Waals surface area contributed by atoms with Crippen molar-refractivity contribution in [1.29, 1.82) is 0 Å². The number of nitrogens with one attached hydrogen (secondary N) is 2. The van der Waals surface area contributed by atoms with Gasteiger partial charge in [0.1, 0.15) is 0 Å². The lowest BCUT2D eigenvalue weighted by atomic mass is 10.1. The molecule has 7 heteroatoms. The molecule has 0 bridgehead atoms. The summed E-state index contributed by atoms with van der Waals surface area (Å²) in [6, 6.07) is 8.65. The third-order valence-electron chi connectivity index (χ3n) is 4.08. The summed E-state index contributed by atoms with van der Waals surface area (Å²) in [6.07, 6.45) is 0. The van der Waals surface area contributed by atoms with E-state index in [0.29, 0.717) is 6.54 Å². The Morgan fingerprint density at radius 1 is 1.19 bits per heavy atom. The first-order valence-corrected chi connectivity index (χ1v) is 9.22. The maximum atomic E-state index is 5.39. The maximum absolute atomic E-state index is 5.39. The standard InChI is InChI=1S/C19H33N5O.HI/c1-4-20-19(21-8-9-24-10-12-25-13-11-24)22-15-17-6-5-7-18(14-17)16-23(2)3;/h5-7,14H,4,8-13,15-16H2,1-3H3,(H2,20,21,22);1H. The van der Waals surface area contributed by atoms with Crippen LogP contribution in [0.5, 0.6) is 0 Å². The van der Waals surface area contributed by atoms with Crippen LogP contribution >= 0.6 is 24.0 Å². The first-order valence-electron chi connectivity index (χ1n) is 9.22. The SMILES string of the molecule is CCNC(=NCc1cccc(CN(C)C)c1)NCCN1CCOCC1.I. The quantitative estimate of drug-likeness (QED) is 0.341. The van der Waals surface area contributed by atoms with E-state index in [-0.39, 0.29) is 24.0 Å². The summed E-state index contributed by atoms with van der Waals surface area (Å²) in [5.41, 5.74) is 2.56. The molecule has 1 fully saturated rings. The summed E-state index contributed by atoms with van der Waals surface area (Å²) in [5, 5.41) is 6.76. The van der Waals surface area contributed by atoms with Crippen LogP contribution < -0.4 is 10.6 Å². The fourth-order valence-electron chi connectivity index (χ4n) is 2.86. The number of ether oxygens (including phenoxy) is 1. The highest BCUT2D eigenvalue weighted by molar-refractivity contribution is 14.0. The van der Waals surface area contributed by atoms with Gasteiger partial charge < -0.3 is 20.3 Å². The van der Waals surface area contributed by atoms with E-state index < -0.39 is 0 Å². The van der Waals surface area contributed by atoms with Crippen LogP contribution in [0.25, 0.3) is 0 Å². The zero-order chi connectivity index (χ0) is 17.9. The van der Waals surface area contributed by atoms with Crippen LogP contribution in [0, 0.1) is 0 Å². The summed E-state index contributed by atoms with van der Waals surface area (Å²) in [4.78, 5) is 9.33. The molecule has 0 saturated carbocycles. The minimum Gasteiger partial charge on any atom is -0.379 e. The van der Waals surface area contributed by atoms with Gasteiger partial charge in [0.05, 0.1) is 19.8 Å². The van der Waals surface area contributed by atoms with Gasteiger partial charge in [-0.3, -0.25) is 4.90 Å². The molecule has 1 saturated heterocycles. The van der Waals surface area contributed by atoms with Crippen molar-refractivity contribution in [2.45, 2.75) is 20.0 Å². The van der Waals surface area contributed by atoms with Crippen molar-refractivity contribution in [3.8, 4) is 0 Å². The number of rotatable bonds is 8. The smallest absolute Gasteiger partial charge is 0.191 e. The molecule has 6 nitrogen and oxygen atoms in total. The largest absolute Gasteiger partial charge is 0.379 e. The topological polar surface area (TPSA) is 52.1 Å². The second-order valence-electron chi connectivity index (χ2n) is 6.63.